The quantitative estimate of drug-likeness (QED) is 0.911. The monoisotopic (exact) mass is 326 g/mol. The molecule has 0 aliphatic carbocycles. The molecule has 0 bridgehead atoms. The van der Waals surface area contributed by atoms with Crippen LogP contribution in [0.3, 0.4) is 0 Å². The molecule has 1 aliphatic rings. The van der Waals surface area contributed by atoms with E-state index in [1.807, 2.05) is 0 Å². The summed E-state index contributed by atoms with van der Waals surface area (Å²) in [5.74, 6) is -1.57. The van der Waals surface area contributed by atoms with Crippen LogP contribution in [0.4, 0.5) is 19.0 Å². The Labute approximate surface area is 120 Å². The van der Waals surface area contributed by atoms with Crippen LogP contribution in [0.5, 0.6) is 0 Å². The first kappa shape index (κ1) is 16.1. The Morgan fingerprint density at radius 1 is 1.38 bits per heavy atom. The van der Waals surface area contributed by atoms with Gasteiger partial charge >= 0.3 is 6.18 Å². The SMILES string of the molecule is CCn1cc(S(=O)(=O)N2CCC(C(F)(F)F)CC2)c(N)n1. The van der Waals surface area contributed by atoms with Gasteiger partial charge in [-0.3, -0.25) is 4.68 Å². The number of nitrogen functional groups attached to an aromatic ring is 1. The van der Waals surface area contributed by atoms with Crippen LogP contribution in [0.1, 0.15) is 19.8 Å². The Bertz CT molecular complexity index is 603. The maximum Gasteiger partial charge on any atom is 0.391 e. The van der Waals surface area contributed by atoms with Crippen LogP contribution < -0.4 is 5.73 Å². The summed E-state index contributed by atoms with van der Waals surface area (Å²) in [7, 11) is -3.89. The summed E-state index contributed by atoms with van der Waals surface area (Å²) in [5, 5.41) is 3.85. The maximum atomic E-state index is 12.6. The molecule has 0 spiro atoms. The number of aryl methyl sites for hydroxylation is 1. The predicted octanol–water partition coefficient (Wildman–Crippen LogP) is 1.45. The van der Waals surface area contributed by atoms with Crippen LogP contribution in [0.2, 0.25) is 0 Å². The Hall–Kier alpha value is -1.29. The van der Waals surface area contributed by atoms with Crippen LogP contribution in [-0.4, -0.2) is 41.8 Å². The standard InChI is InChI=1S/C11H17F3N4O2S/c1-2-17-7-9(10(15)16-17)21(19,20)18-5-3-8(4-6-18)11(12,13)14/h7-8H,2-6H2,1H3,(H2,15,16). The summed E-state index contributed by atoms with van der Waals surface area (Å²) in [6.45, 7) is 1.90. The summed E-state index contributed by atoms with van der Waals surface area (Å²) < 4.78 is 65.0. The molecule has 0 aromatic carbocycles. The van der Waals surface area contributed by atoms with Crippen molar-refractivity contribution in [2.45, 2.75) is 37.4 Å². The molecule has 1 saturated heterocycles. The molecule has 21 heavy (non-hydrogen) atoms. The molecule has 1 fully saturated rings. The highest BCUT2D eigenvalue weighted by Crippen LogP contribution is 2.35. The molecular formula is C11H17F3N4O2S. The lowest BCUT2D eigenvalue weighted by atomic mass is 9.98. The van der Waals surface area contributed by atoms with Crippen molar-refractivity contribution in [2.24, 2.45) is 5.92 Å². The van der Waals surface area contributed by atoms with Crippen LogP contribution >= 0.6 is 0 Å². The molecule has 0 radical (unpaired) electrons. The molecule has 0 atom stereocenters. The normalized spacial score (nSPS) is 19.0. The molecule has 10 heteroatoms. The summed E-state index contributed by atoms with van der Waals surface area (Å²) in [6.07, 6.45) is -3.43. The van der Waals surface area contributed by atoms with E-state index in [4.69, 9.17) is 5.73 Å². The second kappa shape index (κ2) is 5.48. The van der Waals surface area contributed by atoms with E-state index in [1.54, 1.807) is 6.92 Å². The molecule has 120 valence electrons. The fraction of sp³-hybridized carbons (Fsp3) is 0.727. The van der Waals surface area contributed by atoms with Crippen LogP contribution in [-0.2, 0) is 16.6 Å². The van der Waals surface area contributed by atoms with E-state index >= 15 is 0 Å². The molecule has 0 unspecified atom stereocenters. The molecular weight excluding hydrogens is 309 g/mol. The molecule has 1 aliphatic heterocycles. The average Bonchev–Trinajstić information content (AvgIpc) is 2.80. The number of anilines is 1. The number of piperidine rings is 1. The number of rotatable bonds is 3. The Balaban J connectivity index is 2.17. The van der Waals surface area contributed by atoms with Gasteiger partial charge in [-0.2, -0.15) is 22.6 Å². The van der Waals surface area contributed by atoms with E-state index in [0.717, 1.165) is 4.31 Å². The van der Waals surface area contributed by atoms with Gasteiger partial charge in [-0.05, 0) is 19.8 Å². The van der Waals surface area contributed by atoms with Crippen molar-refractivity contribution >= 4 is 15.8 Å². The number of halogens is 3. The fourth-order valence-electron chi connectivity index (χ4n) is 2.34. The van der Waals surface area contributed by atoms with Crippen LogP contribution in [0.15, 0.2) is 11.1 Å². The Morgan fingerprint density at radius 3 is 2.38 bits per heavy atom. The van der Waals surface area contributed by atoms with E-state index in [9.17, 15) is 21.6 Å². The molecule has 2 heterocycles. The molecule has 0 saturated carbocycles. The molecule has 1 aromatic rings. The third-order valence-electron chi connectivity index (χ3n) is 3.61. The Morgan fingerprint density at radius 2 is 1.95 bits per heavy atom. The first-order valence-corrected chi connectivity index (χ1v) is 8.00. The van der Waals surface area contributed by atoms with Crippen molar-refractivity contribution in [3.05, 3.63) is 6.20 Å². The number of hydrogen-bond donors (Lipinski definition) is 1. The number of hydrogen-bond acceptors (Lipinski definition) is 4. The van der Waals surface area contributed by atoms with Gasteiger partial charge in [-0.1, -0.05) is 0 Å². The van der Waals surface area contributed by atoms with Crippen molar-refractivity contribution in [3.8, 4) is 0 Å². The fourth-order valence-corrected chi connectivity index (χ4v) is 3.87. The second-order valence-electron chi connectivity index (χ2n) is 4.95. The summed E-state index contributed by atoms with van der Waals surface area (Å²) >= 11 is 0. The first-order chi connectivity index (χ1) is 9.66. The van der Waals surface area contributed by atoms with Crippen molar-refractivity contribution < 1.29 is 21.6 Å². The molecule has 6 nitrogen and oxygen atoms in total. The third-order valence-corrected chi connectivity index (χ3v) is 5.53. The highest BCUT2D eigenvalue weighted by Gasteiger charge is 2.43. The van der Waals surface area contributed by atoms with Crippen molar-refractivity contribution in [2.75, 3.05) is 18.8 Å². The summed E-state index contributed by atoms with van der Waals surface area (Å²) in [4.78, 5) is -0.144. The van der Waals surface area contributed by atoms with Gasteiger partial charge in [0.05, 0.1) is 5.92 Å². The van der Waals surface area contributed by atoms with Crippen LogP contribution in [0.25, 0.3) is 0 Å². The van der Waals surface area contributed by atoms with Crippen molar-refractivity contribution in [3.63, 3.8) is 0 Å². The predicted molar refractivity (Wildman–Crippen MR) is 69.9 cm³/mol. The lowest BCUT2D eigenvalue weighted by Gasteiger charge is -2.31. The van der Waals surface area contributed by atoms with Crippen LogP contribution in [0, 0.1) is 5.92 Å². The van der Waals surface area contributed by atoms with Gasteiger partial charge in [0, 0.05) is 25.8 Å². The van der Waals surface area contributed by atoms with Gasteiger partial charge < -0.3 is 5.73 Å². The van der Waals surface area contributed by atoms with E-state index in [-0.39, 0.29) is 36.6 Å². The van der Waals surface area contributed by atoms with Crippen molar-refractivity contribution in [1.82, 2.24) is 14.1 Å². The topological polar surface area (TPSA) is 81.2 Å². The second-order valence-corrected chi connectivity index (χ2v) is 6.86. The number of sulfonamides is 1. The zero-order chi connectivity index (χ0) is 15.8. The lowest BCUT2D eigenvalue weighted by Crippen LogP contribution is -2.42. The van der Waals surface area contributed by atoms with Crippen molar-refractivity contribution in [1.29, 1.82) is 0 Å². The molecule has 1 aromatic heterocycles. The van der Waals surface area contributed by atoms with Gasteiger partial charge in [-0.15, -0.1) is 0 Å². The summed E-state index contributed by atoms with van der Waals surface area (Å²) in [5.41, 5.74) is 5.59. The van der Waals surface area contributed by atoms with Gasteiger partial charge in [-0.25, -0.2) is 8.42 Å². The Kier molecular flexibility index (Phi) is 4.20. The number of nitrogens with two attached hydrogens (primary N) is 1. The zero-order valence-electron chi connectivity index (χ0n) is 11.5. The largest absolute Gasteiger partial charge is 0.391 e. The third kappa shape index (κ3) is 3.15. The smallest absolute Gasteiger partial charge is 0.381 e. The zero-order valence-corrected chi connectivity index (χ0v) is 12.3. The highest BCUT2D eigenvalue weighted by molar-refractivity contribution is 7.89. The van der Waals surface area contributed by atoms with E-state index < -0.39 is 22.1 Å². The number of aromatic nitrogens is 2. The van der Waals surface area contributed by atoms with E-state index in [1.165, 1.54) is 10.9 Å². The highest BCUT2D eigenvalue weighted by atomic mass is 32.2. The number of nitrogens with zero attached hydrogens (tertiary/aromatic N) is 3. The maximum absolute atomic E-state index is 12.6. The molecule has 2 N–H and O–H groups in total. The summed E-state index contributed by atoms with van der Waals surface area (Å²) in [6, 6.07) is 0. The van der Waals surface area contributed by atoms with Gasteiger partial charge in [0.1, 0.15) is 4.90 Å². The first-order valence-electron chi connectivity index (χ1n) is 6.56. The number of alkyl halides is 3. The lowest BCUT2D eigenvalue weighted by molar-refractivity contribution is -0.182. The molecule has 2 rings (SSSR count). The van der Waals surface area contributed by atoms with E-state index in [0.29, 0.717) is 6.54 Å². The minimum Gasteiger partial charge on any atom is -0.381 e. The minimum absolute atomic E-state index is 0.130. The van der Waals surface area contributed by atoms with E-state index in [2.05, 4.69) is 5.10 Å². The van der Waals surface area contributed by atoms with Gasteiger partial charge in [0.25, 0.3) is 0 Å². The van der Waals surface area contributed by atoms with Gasteiger partial charge in [0.2, 0.25) is 10.0 Å². The molecule has 0 amide bonds. The average molecular weight is 326 g/mol. The van der Waals surface area contributed by atoms with Gasteiger partial charge in [0.15, 0.2) is 5.82 Å². The minimum atomic E-state index is -4.28.